The Kier molecular flexibility index (Phi) is 3.99. The van der Waals surface area contributed by atoms with Gasteiger partial charge in [-0.2, -0.15) is 0 Å². The van der Waals surface area contributed by atoms with Gasteiger partial charge in [0.15, 0.2) is 0 Å². The van der Waals surface area contributed by atoms with E-state index in [1.54, 1.807) is 4.90 Å². The van der Waals surface area contributed by atoms with Crippen LogP contribution in [-0.4, -0.2) is 25.2 Å². The molecule has 1 heterocycles. The molecule has 0 aromatic heterocycles. The van der Waals surface area contributed by atoms with Gasteiger partial charge in [-0.15, -0.1) is 0 Å². The second kappa shape index (κ2) is 5.50. The molecule has 1 atom stereocenters. The molecule has 18 heavy (non-hydrogen) atoms. The van der Waals surface area contributed by atoms with Gasteiger partial charge in [0, 0.05) is 18.3 Å². The SMILES string of the molecule is CC(C)OCC(=O)N1CCC(N)c2ccccc21. The molecular weight excluding hydrogens is 228 g/mol. The Morgan fingerprint density at radius 3 is 2.94 bits per heavy atom. The quantitative estimate of drug-likeness (QED) is 0.888. The molecule has 2 N–H and O–H groups in total. The number of ether oxygens (including phenoxy) is 1. The Balaban J connectivity index is 2.15. The average Bonchev–Trinajstić information content (AvgIpc) is 2.37. The number of benzene rings is 1. The van der Waals surface area contributed by atoms with E-state index < -0.39 is 0 Å². The van der Waals surface area contributed by atoms with Gasteiger partial charge in [0.1, 0.15) is 6.61 Å². The summed E-state index contributed by atoms with van der Waals surface area (Å²) in [6, 6.07) is 7.85. The number of fused-ring (bicyclic) bond motifs is 1. The number of rotatable bonds is 3. The van der Waals surface area contributed by atoms with Crippen LogP contribution < -0.4 is 10.6 Å². The highest BCUT2D eigenvalue weighted by molar-refractivity contribution is 5.95. The Labute approximate surface area is 108 Å². The van der Waals surface area contributed by atoms with Crippen LogP contribution in [0.15, 0.2) is 24.3 Å². The lowest BCUT2D eigenvalue weighted by Gasteiger charge is -2.32. The van der Waals surface area contributed by atoms with E-state index in [0.29, 0.717) is 6.54 Å². The molecule has 1 unspecified atom stereocenters. The van der Waals surface area contributed by atoms with Crippen molar-refractivity contribution in [3.05, 3.63) is 29.8 Å². The lowest BCUT2D eigenvalue weighted by atomic mass is 9.97. The fraction of sp³-hybridized carbons (Fsp3) is 0.500. The van der Waals surface area contributed by atoms with Gasteiger partial charge in [0.2, 0.25) is 0 Å². The second-order valence-corrected chi connectivity index (χ2v) is 4.86. The summed E-state index contributed by atoms with van der Waals surface area (Å²) in [6.45, 7) is 4.64. The molecule has 98 valence electrons. The molecule has 1 aromatic rings. The molecule has 0 spiro atoms. The lowest BCUT2D eigenvalue weighted by Crippen LogP contribution is -2.40. The maximum Gasteiger partial charge on any atom is 0.252 e. The molecule has 4 nitrogen and oxygen atoms in total. The van der Waals surface area contributed by atoms with Gasteiger partial charge in [-0.1, -0.05) is 18.2 Å². The smallest absolute Gasteiger partial charge is 0.252 e. The van der Waals surface area contributed by atoms with E-state index in [1.165, 1.54) is 0 Å². The predicted molar refractivity (Wildman–Crippen MR) is 71.4 cm³/mol. The number of nitrogens with zero attached hydrogens (tertiary/aromatic N) is 1. The largest absolute Gasteiger partial charge is 0.369 e. The summed E-state index contributed by atoms with van der Waals surface area (Å²) < 4.78 is 5.38. The molecule has 0 fully saturated rings. The molecule has 0 saturated carbocycles. The Morgan fingerprint density at radius 2 is 2.22 bits per heavy atom. The summed E-state index contributed by atoms with van der Waals surface area (Å²) in [5.74, 6) is 0.00282. The summed E-state index contributed by atoms with van der Waals surface area (Å²) in [6.07, 6.45) is 0.862. The lowest BCUT2D eigenvalue weighted by molar-refractivity contribution is -0.124. The first-order chi connectivity index (χ1) is 8.59. The van der Waals surface area contributed by atoms with Crippen molar-refractivity contribution < 1.29 is 9.53 Å². The summed E-state index contributed by atoms with van der Waals surface area (Å²) in [5.41, 5.74) is 8.03. The summed E-state index contributed by atoms with van der Waals surface area (Å²) in [7, 11) is 0. The fourth-order valence-corrected chi connectivity index (χ4v) is 2.17. The van der Waals surface area contributed by atoms with Crippen molar-refractivity contribution in [2.45, 2.75) is 32.4 Å². The first-order valence-electron chi connectivity index (χ1n) is 6.36. The number of para-hydroxylation sites is 1. The number of hydrogen-bond acceptors (Lipinski definition) is 3. The second-order valence-electron chi connectivity index (χ2n) is 4.86. The minimum Gasteiger partial charge on any atom is -0.369 e. The first kappa shape index (κ1) is 13.1. The van der Waals surface area contributed by atoms with E-state index in [2.05, 4.69) is 0 Å². The molecule has 0 radical (unpaired) electrons. The van der Waals surface area contributed by atoms with Crippen molar-refractivity contribution in [3.8, 4) is 0 Å². The van der Waals surface area contributed by atoms with Crippen molar-refractivity contribution in [2.75, 3.05) is 18.1 Å². The van der Waals surface area contributed by atoms with Crippen molar-refractivity contribution in [3.63, 3.8) is 0 Å². The number of nitrogens with two attached hydrogens (primary N) is 1. The van der Waals surface area contributed by atoms with E-state index in [9.17, 15) is 4.79 Å². The van der Waals surface area contributed by atoms with Crippen LogP contribution in [0.1, 0.15) is 31.9 Å². The van der Waals surface area contributed by atoms with Crippen molar-refractivity contribution in [1.29, 1.82) is 0 Å². The molecule has 1 aliphatic heterocycles. The minimum absolute atomic E-state index is 0.00282. The number of carbonyl (C=O) groups is 1. The predicted octanol–water partition coefficient (Wildman–Crippen LogP) is 1.85. The minimum atomic E-state index is 0.00282. The molecule has 0 saturated heterocycles. The van der Waals surface area contributed by atoms with Gasteiger partial charge in [0.25, 0.3) is 5.91 Å². The Bertz CT molecular complexity index is 432. The zero-order valence-electron chi connectivity index (χ0n) is 10.9. The van der Waals surface area contributed by atoms with Gasteiger partial charge in [0.05, 0.1) is 6.10 Å². The summed E-state index contributed by atoms with van der Waals surface area (Å²) in [5, 5.41) is 0. The van der Waals surface area contributed by atoms with E-state index in [4.69, 9.17) is 10.5 Å². The molecule has 1 amide bonds. The standard InChI is InChI=1S/C14H20N2O2/c1-10(2)18-9-14(17)16-8-7-12(15)11-5-3-4-6-13(11)16/h3-6,10,12H,7-9,15H2,1-2H3. The number of hydrogen-bond donors (Lipinski definition) is 1. The van der Waals surface area contributed by atoms with Gasteiger partial charge in [-0.3, -0.25) is 4.79 Å². The van der Waals surface area contributed by atoms with Crippen molar-refractivity contribution in [1.82, 2.24) is 0 Å². The fourth-order valence-electron chi connectivity index (χ4n) is 2.17. The van der Waals surface area contributed by atoms with Crippen LogP contribution in [-0.2, 0) is 9.53 Å². The zero-order chi connectivity index (χ0) is 13.1. The number of amides is 1. The number of anilines is 1. The van der Waals surface area contributed by atoms with Crippen LogP contribution in [0.25, 0.3) is 0 Å². The van der Waals surface area contributed by atoms with Crippen LogP contribution in [0.5, 0.6) is 0 Å². The highest BCUT2D eigenvalue weighted by Crippen LogP contribution is 2.32. The van der Waals surface area contributed by atoms with Crippen LogP contribution in [0.2, 0.25) is 0 Å². The summed E-state index contributed by atoms with van der Waals surface area (Å²) >= 11 is 0. The Hall–Kier alpha value is -1.39. The van der Waals surface area contributed by atoms with Crippen molar-refractivity contribution >= 4 is 11.6 Å². The molecule has 1 aromatic carbocycles. The third-order valence-corrected chi connectivity index (χ3v) is 3.13. The normalized spacial score (nSPS) is 18.9. The maximum absolute atomic E-state index is 12.1. The van der Waals surface area contributed by atoms with E-state index >= 15 is 0 Å². The van der Waals surface area contributed by atoms with Crippen LogP contribution in [0.4, 0.5) is 5.69 Å². The number of carbonyl (C=O) groups excluding carboxylic acids is 1. The van der Waals surface area contributed by atoms with E-state index in [-0.39, 0.29) is 24.7 Å². The third kappa shape index (κ3) is 2.71. The van der Waals surface area contributed by atoms with E-state index in [1.807, 2.05) is 38.1 Å². The average molecular weight is 248 g/mol. The molecule has 2 rings (SSSR count). The topological polar surface area (TPSA) is 55.6 Å². The van der Waals surface area contributed by atoms with Gasteiger partial charge in [-0.05, 0) is 31.9 Å². The third-order valence-electron chi connectivity index (χ3n) is 3.13. The summed E-state index contributed by atoms with van der Waals surface area (Å²) in [4.78, 5) is 13.9. The van der Waals surface area contributed by atoms with Gasteiger partial charge >= 0.3 is 0 Å². The molecular formula is C14H20N2O2. The zero-order valence-corrected chi connectivity index (χ0v) is 10.9. The van der Waals surface area contributed by atoms with Crippen LogP contribution >= 0.6 is 0 Å². The maximum atomic E-state index is 12.1. The van der Waals surface area contributed by atoms with Crippen LogP contribution in [0.3, 0.4) is 0 Å². The Morgan fingerprint density at radius 1 is 1.50 bits per heavy atom. The van der Waals surface area contributed by atoms with Crippen molar-refractivity contribution in [2.24, 2.45) is 5.73 Å². The first-order valence-corrected chi connectivity index (χ1v) is 6.36. The highest BCUT2D eigenvalue weighted by Gasteiger charge is 2.26. The molecule has 1 aliphatic rings. The van der Waals surface area contributed by atoms with Crippen LogP contribution in [0, 0.1) is 0 Å². The molecule has 4 heteroatoms. The monoisotopic (exact) mass is 248 g/mol. The molecule has 0 aliphatic carbocycles. The highest BCUT2D eigenvalue weighted by atomic mass is 16.5. The molecule has 0 bridgehead atoms. The van der Waals surface area contributed by atoms with E-state index in [0.717, 1.165) is 17.7 Å². The van der Waals surface area contributed by atoms with Gasteiger partial charge in [-0.25, -0.2) is 0 Å². The van der Waals surface area contributed by atoms with Gasteiger partial charge < -0.3 is 15.4 Å².